The molecule has 0 fully saturated rings. The van der Waals surface area contributed by atoms with Crippen LogP contribution in [0.2, 0.25) is 0 Å². The molecule has 10 heteroatoms. The molecule has 1 aromatic carbocycles. The summed E-state index contributed by atoms with van der Waals surface area (Å²) in [5.74, 6) is -3.54. The Morgan fingerprint density at radius 1 is 1.19 bits per heavy atom. The maximum atomic E-state index is 15.0. The third-order valence-electron chi connectivity index (χ3n) is 5.35. The second kappa shape index (κ2) is 8.70. The number of halogens is 2. The molecular formula is C22H22F2N4O3S. The summed E-state index contributed by atoms with van der Waals surface area (Å²) in [6, 6.07) is 3.66. The van der Waals surface area contributed by atoms with Crippen molar-refractivity contribution in [2.24, 2.45) is 0 Å². The van der Waals surface area contributed by atoms with Gasteiger partial charge < -0.3 is 10.3 Å². The zero-order valence-electron chi connectivity index (χ0n) is 17.3. The number of rotatable bonds is 7. The van der Waals surface area contributed by atoms with E-state index in [9.17, 15) is 17.6 Å². The highest BCUT2D eigenvalue weighted by Crippen LogP contribution is 2.38. The number of nitrogens with zero attached hydrogens (tertiary/aromatic N) is 1. The normalized spacial score (nSPS) is 14.2. The van der Waals surface area contributed by atoms with Gasteiger partial charge in [0.15, 0.2) is 5.82 Å². The first-order valence-corrected chi connectivity index (χ1v) is 11.9. The van der Waals surface area contributed by atoms with Gasteiger partial charge in [0, 0.05) is 11.6 Å². The molecule has 3 aromatic rings. The van der Waals surface area contributed by atoms with Gasteiger partial charge in [-0.25, -0.2) is 22.2 Å². The Morgan fingerprint density at radius 3 is 2.66 bits per heavy atom. The van der Waals surface area contributed by atoms with Gasteiger partial charge in [-0.2, -0.15) is 0 Å². The van der Waals surface area contributed by atoms with Gasteiger partial charge in [0.05, 0.1) is 23.3 Å². The summed E-state index contributed by atoms with van der Waals surface area (Å²) in [5, 5.41) is 3.40. The number of pyridine rings is 1. The molecule has 32 heavy (non-hydrogen) atoms. The van der Waals surface area contributed by atoms with Crippen molar-refractivity contribution in [2.45, 2.75) is 32.1 Å². The lowest BCUT2D eigenvalue weighted by atomic mass is 9.93. The molecule has 0 bridgehead atoms. The van der Waals surface area contributed by atoms with Gasteiger partial charge >= 0.3 is 0 Å². The molecule has 0 saturated heterocycles. The third kappa shape index (κ3) is 4.22. The number of hydrogen-bond acceptors (Lipinski definition) is 4. The molecule has 7 nitrogen and oxygen atoms in total. The van der Waals surface area contributed by atoms with Crippen LogP contribution in [-0.4, -0.2) is 30.0 Å². The largest absolute Gasteiger partial charge is 0.346 e. The van der Waals surface area contributed by atoms with Crippen molar-refractivity contribution < 1.29 is 22.0 Å². The molecule has 168 valence electrons. The highest BCUT2D eigenvalue weighted by atomic mass is 32.2. The summed E-state index contributed by atoms with van der Waals surface area (Å²) < 4.78 is 55.6. The number of fused-ring (bicyclic) bond motifs is 1. The maximum absolute atomic E-state index is 15.0. The first-order chi connectivity index (χ1) is 15.3. The van der Waals surface area contributed by atoms with Gasteiger partial charge in [-0.15, -0.1) is 0 Å². The number of carbonyl (C=O) groups is 1. The Bertz CT molecular complexity index is 1310. The Kier molecular flexibility index (Phi) is 5.96. The Hall–Kier alpha value is -3.27. The van der Waals surface area contributed by atoms with Crippen LogP contribution in [0.25, 0.3) is 11.0 Å². The zero-order valence-corrected chi connectivity index (χ0v) is 18.1. The van der Waals surface area contributed by atoms with Gasteiger partial charge in [-0.1, -0.05) is 19.1 Å². The van der Waals surface area contributed by atoms with E-state index in [-0.39, 0.29) is 11.7 Å². The first-order valence-electron chi connectivity index (χ1n) is 10.2. The average Bonchev–Trinajstić information content (AvgIpc) is 3.42. The molecule has 2 heterocycles. The summed E-state index contributed by atoms with van der Waals surface area (Å²) >= 11 is 0. The van der Waals surface area contributed by atoms with E-state index in [0.717, 1.165) is 35.9 Å². The van der Waals surface area contributed by atoms with E-state index in [1.165, 1.54) is 6.20 Å². The second-order valence-electron chi connectivity index (χ2n) is 7.62. The number of carbonyl (C=O) groups excluding carboxylic acids is 1. The van der Waals surface area contributed by atoms with Crippen LogP contribution in [0.3, 0.4) is 0 Å². The Morgan fingerprint density at radius 2 is 1.94 bits per heavy atom. The predicted molar refractivity (Wildman–Crippen MR) is 119 cm³/mol. The number of anilines is 2. The molecule has 0 radical (unpaired) electrons. The van der Waals surface area contributed by atoms with Crippen molar-refractivity contribution in [3.05, 3.63) is 65.5 Å². The van der Waals surface area contributed by atoms with Gasteiger partial charge in [-0.05, 0) is 48.9 Å². The van der Waals surface area contributed by atoms with Crippen LogP contribution in [0.1, 0.15) is 48.0 Å². The molecule has 0 atom stereocenters. The highest BCUT2D eigenvalue weighted by molar-refractivity contribution is 7.92. The average molecular weight is 461 g/mol. The van der Waals surface area contributed by atoms with Crippen LogP contribution in [0, 0.1) is 11.6 Å². The quantitative estimate of drug-likeness (QED) is 0.446. The zero-order chi connectivity index (χ0) is 22.9. The van der Waals surface area contributed by atoms with E-state index in [1.807, 2.05) is 18.2 Å². The monoisotopic (exact) mass is 460 g/mol. The van der Waals surface area contributed by atoms with Gasteiger partial charge in [0.2, 0.25) is 10.0 Å². The van der Waals surface area contributed by atoms with Gasteiger partial charge in [0.25, 0.3) is 5.91 Å². The molecule has 0 saturated carbocycles. The topological polar surface area (TPSA) is 104 Å². The number of hydrogen-bond donors (Lipinski definition) is 3. The molecule has 0 unspecified atom stereocenters. The number of allylic oxidation sites excluding steroid dienone is 2. The SMILES string of the molecule is CCCS(=O)(=O)Nc1ccc(F)c(C(=O)Nc2cnc3[nH]ccc3c2C2CC=CC2)c1F. The lowest BCUT2D eigenvalue weighted by Gasteiger charge is -2.18. The van der Waals surface area contributed by atoms with Gasteiger partial charge in [0.1, 0.15) is 17.0 Å². The number of H-pyrrole nitrogens is 1. The van der Waals surface area contributed by atoms with E-state index in [2.05, 4.69) is 20.0 Å². The van der Waals surface area contributed by atoms with Crippen LogP contribution in [0.4, 0.5) is 20.2 Å². The van der Waals surface area contributed by atoms with E-state index in [1.54, 1.807) is 13.1 Å². The number of nitrogens with one attached hydrogen (secondary N) is 3. The number of aromatic nitrogens is 2. The molecule has 3 N–H and O–H groups in total. The minimum Gasteiger partial charge on any atom is -0.346 e. The van der Waals surface area contributed by atoms with Crippen LogP contribution >= 0.6 is 0 Å². The van der Waals surface area contributed by atoms with Gasteiger partial charge in [-0.3, -0.25) is 9.52 Å². The smallest absolute Gasteiger partial charge is 0.261 e. The first kappa shape index (κ1) is 21.9. The molecule has 0 spiro atoms. The fraction of sp³-hybridized carbons (Fsp3) is 0.273. The van der Waals surface area contributed by atoms with Crippen molar-refractivity contribution in [3.8, 4) is 0 Å². The van der Waals surface area contributed by atoms with Crippen molar-refractivity contribution in [1.82, 2.24) is 9.97 Å². The highest BCUT2D eigenvalue weighted by Gasteiger charge is 2.26. The molecule has 4 rings (SSSR count). The Labute approximate surface area is 184 Å². The number of benzene rings is 1. The number of sulfonamides is 1. The third-order valence-corrected chi connectivity index (χ3v) is 6.83. The minimum absolute atomic E-state index is 0.0912. The molecule has 2 aromatic heterocycles. The summed E-state index contributed by atoms with van der Waals surface area (Å²) in [6.45, 7) is 1.66. The molecule has 1 aliphatic rings. The van der Waals surface area contributed by atoms with Crippen molar-refractivity contribution in [2.75, 3.05) is 15.8 Å². The van der Waals surface area contributed by atoms with Crippen molar-refractivity contribution in [3.63, 3.8) is 0 Å². The summed E-state index contributed by atoms with van der Waals surface area (Å²) in [6.07, 6.45) is 9.13. The van der Waals surface area contributed by atoms with Crippen molar-refractivity contribution in [1.29, 1.82) is 0 Å². The number of aromatic amines is 1. The van der Waals surface area contributed by atoms with Crippen LogP contribution < -0.4 is 10.0 Å². The number of amides is 1. The molecule has 0 aliphatic heterocycles. The van der Waals surface area contributed by atoms with E-state index >= 15 is 4.39 Å². The molecule has 1 amide bonds. The van der Waals surface area contributed by atoms with Crippen LogP contribution in [0.15, 0.2) is 42.7 Å². The summed E-state index contributed by atoms with van der Waals surface area (Å²) in [7, 11) is -3.82. The molecular weight excluding hydrogens is 438 g/mol. The Balaban J connectivity index is 1.70. The van der Waals surface area contributed by atoms with Crippen LogP contribution in [0.5, 0.6) is 0 Å². The maximum Gasteiger partial charge on any atom is 0.261 e. The lowest BCUT2D eigenvalue weighted by Crippen LogP contribution is -2.21. The van der Waals surface area contributed by atoms with E-state index < -0.39 is 38.8 Å². The predicted octanol–water partition coefficient (Wildman–Crippen LogP) is 4.68. The minimum atomic E-state index is -3.82. The van der Waals surface area contributed by atoms with E-state index in [0.29, 0.717) is 17.8 Å². The van der Waals surface area contributed by atoms with Crippen molar-refractivity contribution >= 4 is 38.3 Å². The molecule has 1 aliphatic carbocycles. The lowest BCUT2D eigenvalue weighted by molar-refractivity contribution is 0.101. The standard InChI is InChI=1S/C22H22F2N4O3S/c1-2-11-32(30,31)28-16-8-7-15(23)19(20(16)24)22(29)27-17-12-26-21-14(9-10-25-21)18(17)13-5-3-4-6-13/h3-4,7-10,12-13,28H,2,5-6,11H2,1H3,(H,25,26)(H,27,29). The second-order valence-corrected chi connectivity index (χ2v) is 9.47. The fourth-order valence-corrected chi connectivity index (χ4v) is 5.06. The van der Waals surface area contributed by atoms with E-state index in [4.69, 9.17) is 0 Å². The van der Waals surface area contributed by atoms with Crippen LogP contribution in [-0.2, 0) is 10.0 Å². The fourth-order valence-electron chi connectivity index (χ4n) is 3.93. The summed E-state index contributed by atoms with van der Waals surface area (Å²) in [5.41, 5.74) is 0.479. The summed E-state index contributed by atoms with van der Waals surface area (Å²) in [4.78, 5) is 20.2.